The second kappa shape index (κ2) is 6.00. The van der Waals surface area contributed by atoms with Crippen LogP contribution >= 0.6 is 0 Å². The molecule has 0 radical (unpaired) electrons. The van der Waals surface area contributed by atoms with Crippen molar-refractivity contribution in [2.24, 2.45) is 0 Å². The average molecular weight is 252 g/mol. The van der Waals surface area contributed by atoms with E-state index in [0.29, 0.717) is 6.42 Å². The molecule has 0 heterocycles. The van der Waals surface area contributed by atoms with Gasteiger partial charge in [-0.2, -0.15) is 0 Å². The van der Waals surface area contributed by atoms with Gasteiger partial charge in [-0.1, -0.05) is 6.92 Å². The first kappa shape index (κ1) is 14.0. The van der Waals surface area contributed by atoms with Gasteiger partial charge in [0.1, 0.15) is 0 Å². The average Bonchev–Trinajstić information content (AvgIpc) is 2.29. The highest BCUT2D eigenvalue weighted by atomic mass is 16.6. The van der Waals surface area contributed by atoms with Crippen LogP contribution in [-0.4, -0.2) is 22.0 Å². The standard InChI is InChI=1S/C12H16N2O4/c1-3-9(7-12(15)16)13-11-5-4-10(14(17)18)6-8(11)2/h4-6,9,13H,3,7H2,1-2H3,(H,15,16). The maximum atomic E-state index is 10.7. The monoisotopic (exact) mass is 252 g/mol. The van der Waals surface area contributed by atoms with E-state index in [0.717, 1.165) is 11.3 Å². The van der Waals surface area contributed by atoms with E-state index in [2.05, 4.69) is 5.32 Å². The van der Waals surface area contributed by atoms with Crippen molar-refractivity contribution in [3.05, 3.63) is 33.9 Å². The fourth-order valence-electron chi connectivity index (χ4n) is 1.65. The number of aliphatic carboxylic acids is 1. The number of nitro benzene ring substituents is 1. The Morgan fingerprint density at radius 1 is 1.56 bits per heavy atom. The summed E-state index contributed by atoms with van der Waals surface area (Å²) < 4.78 is 0. The van der Waals surface area contributed by atoms with Gasteiger partial charge in [0.25, 0.3) is 5.69 Å². The molecule has 0 spiro atoms. The molecule has 1 unspecified atom stereocenters. The van der Waals surface area contributed by atoms with Gasteiger partial charge < -0.3 is 10.4 Å². The van der Waals surface area contributed by atoms with Crippen molar-refractivity contribution in [2.45, 2.75) is 32.7 Å². The molecule has 1 aromatic carbocycles. The van der Waals surface area contributed by atoms with Crippen molar-refractivity contribution in [2.75, 3.05) is 5.32 Å². The number of carbonyl (C=O) groups is 1. The van der Waals surface area contributed by atoms with Crippen molar-refractivity contribution < 1.29 is 14.8 Å². The van der Waals surface area contributed by atoms with Crippen molar-refractivity contribution in [1.82, 2.24) is 0 Å². The van der Waals surface area contributed by atoms with Crippen molar-refractivity contribution >= 4 is 17.3 Å². The molecular weight excluding hydrogens is 236 g/mol. The number of carboxylic acid groups (broad SMARTS) is 1. The summed E-state index contributed by atoms with van der Waals surface area (Å²) in [5.74, 6) is -0.867. The van der Waals surface area contributed by atoms with Crippen LogP contribution in [0.3, 0.4) is 0 Å². The molecular formula is C12H16N2O4. The first-order valence-electron chi connectivity index (χ1n) is 5.67. The first-order valence-corrected chi connectivity index (χ1v) is 5.67. The predicted octanol–water partition coefficient (Wildman–Crippen LogP) is 2.57. The highest BCUT2D eigenvalue weighted by molar-refractivity contribution is 5.68. The van der Waals surface area contributed by atoms with Crippen LogP contribution in [0.25, 0.3) is 0 Å². The number of nitrogens with one attached hydrogen (secondary N) is 1. The summed E-state index contributed by atoms with van der Waals surface area (Å²) in [4.78, 5) is 20.8. The van der Waals surface area contributed by atoms with Crippen LogP contribution in [0, 0.1) is 17.0 Å². The van der Waals surface area contributed by atoms with Gasteiger partial charge in [0.15, 0.2) is 0 Å². The van der Waals surface area contributed by atoms with E-state index in [-0.39, 0.29) is 18.2 Å². The largest absolute Gasteiger partial charge is 0.481 e. The molecule has 1 atom stereocenters. The van der Waals surface area contributed by atoms with Crippen LogP contribution in [0.15, 0.2) is 18.2 Å². The van der Waals surface area contributed by atoms with Crippen molar-refractivity contribution in [1.29, 1.82) is 0 Å². The molecule has 0 saturated heterocycles. The molecule has 0 aliphatic rings. The van der Waals surface area contributed by atoms with Gasteiger partial charge in [0, 0.05) is 23.9 Å². The number of nitrogens with zero attached hydrogens (tertiary/aromatic N) is 1. The predicted molar refractivity (Wildman–Crippen MR) is 67.8 cm³/mol. The molecule has 1 aromatic rings. The third-order valence-corrected chi connectivity index (χ3v) is 2.69. The zero-order valence-corrected chi connectivity index (χ0v) is 10.3. The van der Waals surface area contributed by atoms with E-state index in [4.69, 9.17) is 5.11 Å². The lowest BCUT2D eigenvalue weighted by Gasteiger charge is -2.17. The maximum Gasteiger partial charge on any atom is 0.305 e. The number of anilines is 1. The number of rotatable bonds is 6. The van der Waals surface area contributed by atoms with Crippen molar-refractivity contribution in [3.8, 4) is 0 Å². The second-order valence-electron chi connectivity index (χ2n) is 4.10. The minimum Gasteiger partial charge on any atom is -0.481 e. The van der Waals surface area contributed by atoms with Crippen LogP contribution in [-0.2, 0) is 4.79 Å². The van der Waals surface area contributed by atoms with E-state index in [1.807, 2.05) is 6.92 Å². The Morgan fingerprint density at radius 2 is 2.22 bits per heavy atom. The molecule has 1 rings (SSSR count). The van der Waals surface area contributed by atoms with E-state index in [9.17, 15) is 14.9 Å². The Kier molecular flexibility index (Phi) is 4.65. The van der Waals surface area contributed by atoms with Gasteiger partial charge >= 0.3 is 5.97 Å². The molecule has 0 bridgehead atoms. The van der Waals surface area contributed by atoms with Gasteiger partial charge in [-0.15, -0.1) is 0 Å². The number of non-ortho nitro benzene ring substituents is 1. The lowest BCUT2D eigenvalue weighted by atomic mass is 10.1. The summed E-state index contributed by atoms with van der Waals surface area (Å²) in [6.07, 6.45) is 0.690. The number of hydrogen-bond acceptors (Lipinski definition) is 4. The van der Waals surface area contributed by atoms with E-state index in [1.165, 1.54) is 12.1 Å². The summed E-state index contributed by atoms with van der Waals surface area (Å²) in [7, 11) is 0. The minimum absolute atomic E-state index is 0.0208. The molecule has 6 nitrogen and oxygen atoms in total. The molecule has 2 N–H and O–H groups in total. The number of carboxylic acids is 1. The summed E-state index contributed by atoms with van der Waals surface area (Å²) in [6, 6.07) is 4.30. The Morgan fingerprint density at radius 3 is 2.67 bits per heavy atom. The zero-order chi connectivity index (χ0) is 13.7. The van der Waals surface area contributed by atoms with Gasteiger partial charge in [0.05, 0.1) is 11.3 Å². The fourth-order valence-corrected chi connectivity index (χ4v) is 1.65. The molecule has 0 aromatic heterocycles. The molecule has 0 fully saturated rings. The lowest BCUT2D eigenvalue weighted by molar-refractivity contribution is -0.384. The molecule has 98 valence electrons. The summed E-state index contributed by atoms with van der Waals surface area (Å²) in [5.41, 5.74) is 1.49. The number of nitro groups is 1. The van der Waals surface area contributed by atoms with Gasteiger partial charge in [0.2, 0.25) is 0 Å². The zero-order valence-electron chi connectivity index (χ0n) is 10.3. The van der Waals surface area contributed by atoms with E-state index < -0.39 is 10.9 Å². The van der Waals surface area contributed by atoms with Crippen molar-refractivity contribution in [3.63, 3.8) is 0 Å². The topological polar surface area (TPSA) is 92.5 Å². The number of hydrogen-bond donors (Lipinski definition) is 2. The molecule has 6 heteroatoms. The number of benzene rings is 1. The van der Waals surface area contributed by atoms with Crippen LogP contribution in [0.1, 0.15) is 25.3 Å². The van der Waals surface area contributed by atoms with Crippen LogP contribution in [0.4, 0.5) is 11.4 Å². The SMILES string of the molecule is CCC(CC(=O)O)Nc1ccc([N+](=O)[O-])cc1C. The molecule has 0 aliphatic heterocycles. The minimum atomic E-state index is -0.867. The third kappa shape index (κ3) is 3.73. The molecule has 0 amide bonds. The summed E-state index contributed by atoms with van der Waals surface area (Å²) in [6.45, 7) is 3.64. The van der Waals surface area contributed by atoms with Crippen LogP contribution in [0.5, 0.6) is 0 Å². The normalized spacial score (nSPS) is 11.9. The quantitative estimate of drug-likeness (QED) is 0.599. The second-order valence-corrected chi connectivity index (χ2v) is 4.10. The maximum absolute atomic E-state index is 10.7. The van der Waals surface area contributed by atoms with Gasteiger partial charge in [-0.05, 0) is 25.0 Å². The Hall–Kier alpha value is -2.11. The van der Waals surface area contributed by atoms with E-state index >= 15 is 0 Å². The molecule has 0 aliphatic carbocycles. The Balaban J connectivity index is 2.83. The highest BCUT2D eigenvalue weighted by Crippen LogP contribution is 2.22. The Bertz CT molecular complexity index is 459. The Labute approximate surface area is 105 Å². The summed E-state index contributed by atoms with van der Waals surface area (Å²) >= 11 is 0. The summed E-state index contributed by atoms with van der Waals surface area (Å²) in [5, 5.41) is 22.4. The lowest BCUT2D eigenvalue weighted by Crippen LogP contribution is -2.22. The smallest absolute Gasteiger partial charge is 0.305 e. The fraction of sp³-hybridized carbons (Fsp3) is 0.417. The molecule has 0 saturated carbocycles. The third-order valence-electron chi connectivity index (χ3n) is 2.69. The molecule has 18 heavy (non-hydrogen) atoms. The van der Waals surface area contributed by atoms with Gasteiger partial charge in [-0.25, -0.2) is 0 Å². The highest BCUT2D eigenvalue weighted by Gasteiger charge is 2.13. The van der Waals surface area contributed by atoms with Crippen LogP contribution in [0.2, 0.25) is 0 Å². The van der Waals surface area contributed by atoms with Crippen LogP contribution < -0.4 is 5.32 Å². The van der Waals surface area contributed by atoms with E-state index in [1.54, 1.807) is 13.0 Å². The van der Waals surface area contributed by atoms with Gasteiger partial charge in [-0.3, -0.25) is 14.9 Å². The number of aryl methyl sites for hydroxylation is 1. The first-order chi connectivity index (χ1) is 8.43.